The van der Waals surface area contributed by atoms with Crippen molar-refractivity contribution in [1.82, 2.24) is 10.2 Å². The van der Waals surface area contributed by atoms with E-state index in [1.54, 1.807) is 24.5 Å². The fourth-order valence-corrected chi connectivity index (χ4v) is 6.67. The molecule has 0 spiro atoms. The standard InChI is InChI=1S/C27H31N3O4S/c31-27(28-20-25(26-14-8-18-34-26)29-15-4-1-5-16-29)22-10-6-12-23(19-22)35(32,33)30-17-7-11-21-9-2-3-13-24(21)30/h2-3,6,8-10,12-14,18-19,25H,1,4-5,7,11,15-17,20H2,(H,28,31). The zero-order valence-corrected chi connectivity index (χ0v) is 20.5. The third-order valence-corrected chi connectivity index (χ3v) is 8.72. The van der Waals surface area contributed by atoms with Crippen LogP contribution in [-0.2, 0) is 16.4 Å². The molecule has 3 aromatic rings. The predicted octanol–water partition coefficient (Wildman–Crippen LogP) is 4.38. The second-order valence-electron chi connectivity index (χ2n) is 9.18. The lowest BCUT2D eigenvalue weighted by molar-refractivity contribution is 0.0914. The molecule has 0 saturated carbocycles. The summed E-state index contributed by atoms with van der Waals surface area (Å²) in [5.74, 6) is 0.530. The normalized spacial score (nSPS) is 17.5. The van der Waals surface area contributed by atoms with Gasteiger partial charge in [0, 0.05) is 18.7 Å². The highest BCUT2D eigenvalue weighted by atomic mass is 32.2. The molecule has 0 radical (unpaired) electrons. The maximum Gasteiger partial charge on any atom is 0.264 e. The molecular formula is C27H31N3O4S. The summed E-state index contributed by atoms with van der Waals surface area (Å²) in [5, 5.41) is 3.01. The van der Waals surface area contributed by atoms with Crippen LogP contribution < -0.4 is 9.62 Å². The van der Waals surface area contributed by atoms with Gasteiger partial charge >= 0.3 is 0 Å². The number of carbonyl (C=O) groups is 1. The van der Waals surface area contributed by atoms with Crippen molar-refractivity contribution in [2.24, 2.45) is 0 Å². The highest BCUT2D eigenvalue weighted by molar-refractivity contribution is 7.92. The van der Waals surface area contributed by atoms with Crippen molar-refractivity contribution < 1.29 is 17.6 Å². The molecular weight excluding hydrogens is 462 g/mol. The van der Waals surface area contributed by atoms with E-state index in [9.17, 15) is 13.2 Å². The third kappa shape index (κ3) is 4.99. The van der Waals surface area contributed by atoms with Crippen molar-refractivity contribution in [3.8, 4) is 0 Å². The number of hydrogen-bond acceptors (Lipinski definition) is 5. The maximum atomic E-state index is 13.5. The fourth-order valence-electron chi connectivity index (χ4n) is 5.09. The van der Waals surface area contributed by atoms with Gasteiger partial charge in [0.2, 0.25) is 0 Å². The molecule has 35 heavy (non-hydrogen) atoms. The topological polar surface area (TPSA) is 82.9 Å². The molecule has 2 aliphatic heterocycles. The van der Waals surface area contributed by atoms with Gasteiger partial charge in [0.05, 0.1) is 22.9 Å². The van der Waals surface area contributed by atoms with Crippen LogP contribution in [0.15, 0.2) is 76.2 Å². The van der Waals surface area contributed by atoms with Crippen LogP contribution in [-0.4, -0.2) is 45.4 Å². The van der Waals surface area contributed by atoms with Gasteiger partial charge in [0.15, 0.2) is 0 Å². The number of carbonyl (C=O) groups excluding carboxylic acids is 1. The number of likely N-dealkylation sites (tertiary alicyclic amines) is 1. The summed E-state index contributed by atoms with van der Waals surface area (Å²) in [6, 6.07) is 17.7. The van der Waals surface area contributed by atoms with Crippen molar-refractivity contribution in [2.75, 3.05) is 30.5 Å². The number of rotatable bonds is 7. The molecule has 1 N–H and O–H groups in total. The van der Waals surface area contributed by atoms with Crippen molar-refractivity contribution in [1.29, 1.82) is 0 Å². The van der Waals surface area contributed by atoms with E-state index in [1.165, 1.54) is 16.8 Å². The highest BCUT2D eigenvalue weighted by Crippen LogP contribution is 2.32. The quantitative estimate of drug-likeness (QED) is 0.528. The summed E-state index contributed by atoms with van der Waals surface area (Å²) in [6.07, 6.45) is 6.76. The molecule has 8 heteroatoms. The maximum absolute atomic E-state index is 13.5. The minimum absolute atomic E-state index is 0.0500. The molecule has 2 aromatic carbocycles. The number of benzene rings is 2. The Morgan fingerprint density at radius 3 is 2.57 bits per heavy atom. The van der Waals surface area contributed by atoms with Crippen molar-refractivity contribution in [3.05, 3.63) is 83.8 Å². The number of furan rings is 1. The molecule has 7 nitrogen and oxygen atoms in total. The van der Waals surface area contributed by atoms with Crippen LogP contribution in [0.25, 0.3) is 0 Å². The van der Waals surface area contributed by atoms with Crippen LogP contribution in [0.2, 0.25) is 0 Å². The van der Waals surface area contributed by atoms with Crippen LogP contribution in [0.1, 0.15) is 53.4 Å². The first-order chi connectivity index (χ1) is 17.0. The van der Waals surface area contributed by atoms with Crippen LogP contribution in [0, 0.1) is 0 Å². The lowest BCUT2D eigenvalue weighted by atomic mass is 10.0. The van der Waals surface area contributed by atoms with Gasteiger partial charge in [0.25, 0.3) is 15.9 Å². The molecule has 1 fully saturated rings. The van der Waals surface area contributed by atoms with Crippen LogP contribution >= 0.6 is 0 Å². The number of nitrogens with one attached hydrogen (secondary N) is 1. The largest absolute Gasteiger partial charge is 0.468 e. The first-order valence-corrected chi connectivity index (χ1v) is 13.7. The van der Waals surface area contributed by atoms with Crippen LogP contribution in [0.3, 0.4) is 0 Å². The molecule has 0 bridgehead atoms. The number of hydrogen-bond donors (Lipinski definition) is 1. The van der Waals surface area contributed by atoms with Crippen molar-refractivity contribution >= 4 is 21.6 Å². The van der Waals surface area contributed by atoms with E-state index in [1.807, 2.05) is 36.4 Å². The smallest absolute Gasteiger partial charge is 0.264 e. The van der Waals surface area contributed by atoms with E-state index in [2.05, 4.69) is 10.2 Å². The van der Waals surface area contributed by atoms with Gasteiger partial charge in [-0.2, -0.15) is 0 Å². The van der Waals surface area contributed by atoms with Crippen LogP contribution in [0.4, 0.5) is 5.69 Å². The molecule has 1 aromatic heterocycles. The molecule has 2 aliphatic rings. The zero-order chi connectivity index (χ0) is 24.3. The van der Waals surface area contributed by atoms with Gasteiger partial charge in [-0.3, -0.25) is 14.0 Å². The number of piperidine rings is 1. The molecule has 3 heterocycles. The minimum Gasteiger partial charge on any atom is -0.468 e. The molecule has 5 rings (SSSR count). The SMILES string of the molecule is O=C(NCC(c1ccco1)N1CCCCC1)c1cccc(S(=O)(=O)N2CCCc3ccccc32)c1. The van der Waals surface area contributed by atoms with Gasteiger partial charge in [0.1, 0.15) is 5.76 Å². The Balaban J connectivity index is 1.33. The Bertz CT molecular complexity index is 1270. The lowest BCUT2D eigenvalue weighted by Crippen LogP contribution is -2.40. The average molecular weight is 494 g/mol. The average Bonchev–Trinajstić information content (AvgIpc) is 3.44. The number of para-hydroxylation sites is 1. The molecule has 1 unspecified atom stereocenters. The van der Waals surface area contributed by atoms with E-state index in [4.69, 9.17) is 4.42 Å². The third-order valence-electron chi connectivity index (χ3n) is 6.91. The van der Waals surface area contributed by atoms with Gasteiger partial charge < -0.3 is 9.73 Å². The molecule has 1 atom stereocenters. The number of fused-ring (bicyclic) bond motifs is 1. The summed E-state index contributed by atoms with van der Waals surface area (Å²) in [7, 11) is -3.79. The summed E-state index contributed by atoms with van der Waals surface area (Å²) < 4.78 is 34.2. The number of sulfonamides is 1. The highest BCUT2D eigenvalue weighted by Gasteiger charge is 2.30. The van der Waals surface area contributed by atoms with Gasteiger partial charge in [-0.15, -0.1) is 0 Å². The van der Waals surface area contributed by atoms with E-state index in [0.29, 0.717) is 18.7 Å². The van der Waals surface area contributed by atoms with Gasteiger partial charge in [-0.1, -0.05) is 30.7 Å². The van der Waals surface area contributed by atoms with E-state index >= 15 is 0 Å². The van der Waals surface area contributed by atoms with Gasteiger partial charge in [-0.25, -0.2) is 8.42 Å². The number of anilines is 1. The van der Waals surface area contributed by atoms with Crippen LogP contribution in [0.5, 0.6) is 0 Å². The zero-order valence-electron chi connectivity index (χ0n) is 19.7. The minimum atomic E-state index is -3.79. The van der Waals surface area contributed by atoms with E-state index < -0.39 is 10.0 Å². The van der Waals surface area contributed by atoms with Gasteiger partial charge in [-0.05, 0) is 80.7 Å². The molecule has 1 saturated heterocycles. The van der Waals surface area contributed by atoms with Crippen molar-refractivity contribution in [2.45, 2.75) is 43.0 Å². The Kier molecular flexibility index (Phi) is 6.92. The summed E-state index contributed by atoms with van der Waals surface area (Å²) in [4.78, 5) is 15.6. The molecule has 1 amide bonds. The lowest BCUT2D eigenvalue weighted by Gasteiger charge is -2.33. The van der Waals surface area contributed by atoms with Crippen molar-refractivity contribution in [3.63, 3.8) is 0 Å². The summed E-state index contributed by atoms with van der Waals surface area (Å²) in [6.45, 7) is 2.75. The Hall–Kier alpha value is -3.10. The predicted molar refractivity (Wildman–Crippen MR) is 135 cm³/mol. The fraction of sp³-hybridized carbons (Fsp3) is 0.370. The first-order valence-electron chi connectivity index (χ1n) is 12.3. The number of aryl methyl sites for hydroxylation is 1. The van der Waals surface area contributed by atoms with E-state index in [-0.39, 0.29) is 16.8 Å². The van der Waals surface area contributed by atoms with E-state index in [0.717, 1.165) is 55.8 Å². The second-order valence-corrected chi connectivity index (χ2v) is 11.0. The Labute approximate surface area is 206 Å². The molecule has 184 valence electrons. The summed E-state index contributed by atoms with van der Waals surface area (Å²) in [5.41, 5.74) is 2.07. The Morgan fingerprint density at radius 2 is 1.77 bits per heavy atom. The second kappa shape index (κ2) is 10.3. The Morgan fingerprint density at radius 1 is 0.943 bits per heavy atom. The number of nitrogens with zero attached hydrogens (tertiary/aromatic N) is 2. The summed E-state index contributed by atoms with van der Waals surface area (Å²) >= 11 is 0. The first kappa shape index (κ1) is 23.6. The number of amides is 1. The molecule has 0 aliphatic carbocycles. The monoisotopic (exact) mass is 493 g/mol.